The minimum Gasteiger partial charge on any atom is -0.236 e. The van der Waals surface area contributed by atoms with Gasteiger partial charge < -0.3 is 0 Å². The van der Waals surface area contributed by atoms with Gasteiger partial charge >= 0.3 is 0 Å². The zero-order chi connectivity index (χ0) is 11.0. The third-order valence-corrected chi connectivity index (χ3v) is 6.07. The molecular weight excluding hydrogens is 260 g/mol. The third-order valence-electron chi connectivity index (χ3n) is 3.00. The SMILES string of the molecule is Clc1nc(C2CSCCS2)nc2c1CCC2. The van der Waals surface area contributed by atoms with Crippen LogP contribution in [-0.4, -0.2) is 27.2 Å². The Morgan fingerprint density at radius 3 is 2.94 bits per heavy atom. The molecule has 0 radical (unpaired) electrons. The van der Waals surface area contributed by atoms with Gasteiger partial charge in [-0.2, -0.15) is 11.8 Å². The summed E-state index contributed by atoms with van der Waals surface area (Å²) in [6.45, 7) is 0. The molecule has 2 aliphatic rings. The molecule has 1 aliphatic carbocycles. The summed E-state index contributed by atoms with van der Waals surface area (Å²) in [5.74, 6) is 4.54. The second kappa shape index (κ2) is 4.75. The smallest absolute Gasteiger partial charge is 0.144 e. The van der Waals surface area contributed by atoms with Gasteiger partial charge in [-0.25, -0.2) is 9.97 Å². The van der Waals surface area contributed by atoms with Crippen LogP contribution in [-0.2, 0) is 12.8 Å². The molecular formula is C11H13ClN2S2. The minimum absolute atomic E-state index is 0.446. The molecule has 86 valence electrons. The lowest BCUT2D eigenvalue weighted by Gasteiger charge is -2.20. The molecule has 1 aromatic rings. The second-order valence-corrected chi connectivity index (χ2v) is 6.90. The number of rotatable bonds is 1. The van der Waals surface area contributed by atoms with Crippen LogP contribution in [0.1, 0.15) is 28.8 Å². The Kier molecular flexibility index (Phi) is 3.32. The number of hydrogen-bond acceptors (Lipinski definition) is 4. The van der Waals surface area contributed by atoms with Crippen LogP contribution < -0.4 is 0 Å². The van der Waals surface area contributed by atoms with Gasteiger partial charge in [0.15, 0.2) is 0 Å². The first-order valence-corrected chi connectivity index (χ1v) is 8.17. The van der Waals surface area contributed by atoms with Crippen molar-refractivity contribution in [2.75, 3.05) is 17.3 Å². The largest absolute Gasteiger partial charge is 0.236 e. The van der Waals surface area contributed by atoms with Gasteiger partial charge in [0.1, 0.15) is 11.0 Å². The number of aryl methyl sites for hydroxylation is 1. The minimum atomic E-state index is 0.446. The van der Waals surface area contributed by atoms with E-state index < -0.39 is 0 Å². The number of halogens is 1. The van der Waals surface area contributed by atoms with Gasteiger partial charge in [-0.05, 0) is 19.3 Å². The summed E-state index contributed by atoms with van der Waals surface area (Å²) in [6.07, 6.45) is 3.32. The van der Waals surface area contributed by atoms with E-state index in [0.717, 1.165) is 24.4 Å². The topological polar surface area (TPSA) is 25.8 Å². The molecule has 2 nitrogen and oxygen atoms in total. The summed E-state index contributed by atoms with van der Waals surface area (Å²) < 4.78 is 0. The third kappa shape index (κ3) is 2.07. The molecule has 1 atom stereocenters. The van der Waals surface area contributed by atoms with Crippen LogP contribution in [0.2, 0.25) is 5.15 Å². The van der Waals surface area contributed by atoms with Gasteiger partial charge in [-0.1, -0.05) is 11.6 Å². The predicted molar refractivity (Wildman–Crippen MR) is 71.6 cm³/mol. The molecule has 0 bridgehead atoms. The molecule has 0 spiro atoms. The Bertz CT molecular complexity index is 405. The van der Waals surface area contributed by atoms with Crippen molar-refractivity contribution in [2.45, 2.75) is 24.5 Å². The van der Waals surface area contributed by atoms with Crippen LogP contribution in [0, 0.1) is 0 Å². The first-order chi connectivity index (χ1) is 7.84. The van der Waals surface area contributed by atoms with Crippen LogP contribution in [0.5, 0.6) is 0 Å². The highest BCUT2D eigenvalue weighted by Crippen LogP contribution is 2.37. The van der Waals surface area contributed by atoms with Gasteiger partial charge in [0.05, 0.1) is 5.25 Å². The van der Waals surface area contributed by atoms with E-state index in [-0.39, 0.29) is 0 Å². The van der Waals surface area contributed by atoms with Crippen LogP contribution in [0.15, 0.2) is 0 Å². The normalized spacial score (nSPS) is 24.4. The average Bonchev–Trinajstić information content (AvgIpc) is 2.79. The fraction of sp³-hybridized carbons (Fsp3) is 0.636. The van der Waals surface area contributed by atoms with Gasteiger partial charge in [0.25, 0.3) is 0 Å². The van der Waals surface area contributed by atoms with Gasteiger partial charge in [-0.3, -0.25) is 0 Å². The van der Waals surface area contributed by atoms with E-state index in [0.29, 0.717) is 10.4 Å². The fourth-order valence-corrected chi connectivity index (χ4v) is 5.07. The summed E-state index contributed by atoms with van der Waals surface area (Å²) in [7, 11) is 0. The molecule has 0 saturated carbocycles. The lowest BCUT2D eigenvalue weighted by molar-refractivity contribution is 0.871. The molecule has 2 heterocycles. The highest BCUT2D eigenvalue weighted by atomic mass is 35.5. The summed E-state index contributed by atoms with van der Waals surface area (Å²) in [4.78, 5) is 9.20. The summed E-state index contributed by atoms with van der Waals surface area (Å²) in [5, 5.41) is 1.15. The Morgan fingerprint density at radius 1 is 1.19 bits per heavy atom. The number of hydrogen-bond donors (Lipinski definition) is 0. The maximum absolute atomic E-state index is 6.23. The fourth-order valence-electron chi connectivity index (χ4n) is 2.19. The van der Waals surface area contributed by atoms with Crippen LogP contribution in [0.3, 0.4) is 0 Å². The van der Waals surface area contributed by atoms with Crippen molar-refractivity contribution < 1.29 is 0 Å². The molecule has 1 saturated heterocycles. The van der Waals surface area contributed by atoms with E-state index in [2.05, 4.69) is 4.98 Å². The van der Waals surface area contributed by atoms with Crippen molar-refractivity contribution in [1.29, 1.82) is 0 Å². The highest BCUT2D eigenvalue weighted by molar-refractivity contribution is 8.06. The van der Waals surface area contributed by atoms with E-state index in [9.17, 15) is 0 Å². The van der Waals surface area contributed by atoms with E-state index in [1.165, 1.54) is 29.2 Å². The van der Waals surface area contributed by atoms with Crippen molar-refractivity contribution in [3.05, 3.63) is 22.2 Å². The standard InChI is InChI=1S/C11H13ClN2S2/c12-10-7-2-1-3-8(7)13-11(14-10)9-6-15-4-5-16-9/h9H,1-6H2. The predicted octanol–water partition coefficient (Wildman–Crippen LogP) is 3.14. The lowest BCUT2D eigenvalue weighted by Crippen LogP contribution is -2.11. The van der Waals surface area contributed by atoms with Gasteiger partial charge in [0.2, 0.25) is 0 Å². The van der Waals surface area contributed by atoms with Gasteiger partial charge in [-0.15, -0.1) is 11.8 Å². The molecule has 5 heteroatoms. The van der Waals surface area contributed by atoms with Crippen LogP contribution >= 0.6 is 35.1 Å². The van der Waals surface area contributed by atoms with Crippen molar-refractivity contribution in [3.63, 3.8) is 0 Å². The first-order valence-electron chi connectivity index (χ1n) is 5.59. The summed E-state index contributed by atoms with van der Waals surface area (Å²) in [6, 6.07) is 0. The molecule has 1 unspecified atom stereocenters. The van der Waals surface area contributed by atoms with E-state index in [1.54, 1.807) is 0 Å². The Balaban J connectivity index is 1.92. The summed E-state index contributed by atoms with van der Waals surface area (Å²) >= 11 is 10.2. The lowest BCUT2D eigenvalue weighted by atomic mass is 10.2. The molecule has 3 rings (SSSR count). The number of fused-ring (bicyclic) bond motifs is 1. The Hall–Kier alpha value is 0.0700. The molecule has 16 heavy (non-hydrogen) atoms. The van der Waals surface area contributed by atoms with E-state index >= 15 is 0 Å². The Labute approximate surface area is 109 Å². The van der Waals surface area contributed by atoms with Crippen molar-refractivity contribution in [1.82, 2.24) is 9.97 Å². The van der Waals surface area contributed by atoms with Crippen molar-refractivity contribution >= 4 is 35.1 Å². The van der Waals surface area contributed by atoms with Gasteiger partial charge in [0, 0.05) is 28.5 Å². The molecule has 0 amide bonds. The average molecular weight is 273 g/mol. The van der Waals surface area contributed by atoms with Crippen LogP contribution in [0.25, 0.3) is 0 Å². The number of nitrogens with zero attached hydrogens (tertiary/aromatic N) is 2. The first kappa shape index (κ1) is 11.2. The zero-order valence-electron chi connectivity index (χ0n) is 8.91. The maximum Gasteiger partial charge on any atom is 0.144 e. The molecule has 1 fully saturated rings. The number of thioether (sulfide) groups is 2. The zero-order valence-corrected chi connectivity index (χ0v) is 11.3. The van der Waals surface area contributed by atoms with E-state index in [1.807, 2.05) is 23.5 Å². The quantitative estimate of drug-likeness (QED) is 0.734. The van der Waals surface area contributed by atoms with Crippen molar-refractivity contribution in [3.8, 4) is 0 Å². The maximum atomic E-state index is 6.23. The van der Waals surface area contributed by atoms with Crippen molar-refractivity contribution in [2.24, 2.45) is 0 Å². The second-order valence-electron chi connectivity index (χ2n) is 4.09. The number of aromatic nitrogens is 2. The van der Waals surface area contributed by atoms with Crippen LogP contribution in [0.4, 0.5) is 0 Å². The molecule has 0 N–H and O–H groups in total. The molecule has 1 aliphatic heterocycles. The monoisotopic (exact) mass is 272 g/mol. The molecule has 1 aromatic heterocycles. The highest BCUT2D eigenvalue weighted by Gasteiger charge is 2.24. The Morgan fingerprint density at radius 2 is 2.12 bits per heavy atom. The molecule has 0 aromatic carbocycles. The van der Waals surface area contributed by atoms with E-state index in [4.69, 9.17) is 16.6 Å². The summed E-state index contributed by atoms with van der Waals surface area (Å²) in [5.41, 5.74) is 2.39.